The van der Waals surface area contributed by atoms with Crippen molar-refractivity contribution in [3.8, 4) is 0 Å². The predicted molar refractivity (Wildman–Crippen MR) is 37.5 cm³/mol. The fourth-order valence-corrected chi connectivity index (χ4v) is 0.385. The molecule has 0 aliphatic carbocycles. The Morgan fingerprint density at radius 3 is 0.889 bits per heavy atom. The van der Waals surface area contributed by atoms with Gasteiger partial charge in [0.15, 0.2) is 0 Å². The van der Waals surface area contributed by atoms with E-state index in [-0.39, 0.29) is 17.4 Å². The Kier molecular flexibility index (Phi) is 13.7. The van der Waals surface area contributed by atoms with Gasteiger partial charge < -0.3 is 6.92 Å². The van der Waals surface area contributed by atoms with E-state index >= 15 is 0 Å². The van der Waals surface area contributed by atoms with Gasteiger partial charge in [0, 0.05) is 17.4 Å². The van der Waals surface area contributed by atoms with Gasteiger partial charge in [-0.1, -0.05) is 36.4 Å². The molecule has 0 aliphatic rings. The molecule has 0 atom stereocenters. The van der Waals surface area contributed by atoms with Gasteiger partial charge in [-0.15, -0.1) is 0 Å². The van der Waals surface area contributed by atoms with Gasteiger partial charge in [0.05, 0.1) is 0 Å². The molecule has 0 fully saturated rings. The van der Waals surface area contributed by atoms with E-state index in [2.05, 4.69) is 6.92 Å². The zero-order valence-electron chi connectivity index (χ0n) is 5.58. The summed E-state index contributed by atoms with van der Waals surface area (Å²) >= 11 is 0. The molecule has 1 aromatic carbocycles. The molecule has 0 aromatic heterocycles. The summed E-state index contributed by atoms with van der Waals surface area (Å²) in [6, 6.07) is 12.0. The second kappa shape index (κ2) is 10.7. The van der Waals surface area contributed by atoms with Gasteiger partial charge in [0.25, 0.3) is 0 Å². The number of rotatable bonds is 0. The number of hydrogen-bond acceptors (Lipinski definition) is 0. The third kappa shape index (κ3) is 7.75. The first kappa shape index (κ1) is 11.5. The summed E-state index contributed by atoms with van der Waals surface area (Å²) in [7, 11) is 0. The van der Waals surface area contributed by atoms with Crippen LogP contribution in [0.3, 0.4) is 0 Å². The van der Waals surface area contributed by atoms with Crippen LogP contribution in [0, 0.1) is 6.92 Å². The van der Waals surface area contributed by atoms with Crippen LogP contribution in [0.25, 0.3) is 0 Å². The van der Waals surface area contributed by atoms with Crippen molar-refractivity contribution in [3.63, 3.8) is 0 Å². The van der Waals surface area contributed by atoms with Gasteiger partial charge in [-0.05, 0) is 0 Å². The summed E-state index contributed by atoms with van der Waals surface area (Å²) in [5, 5.41) is 0. The summed E-state index contributed by atoms with van der Waals surface area (Å²) in [6.45, 7) is 5.00. The van der Waals surface area contributed by atoms with Crippen LogP contribution >= 0.6 is 0 Å². The van der Waals surface area contributed by atoms with Gasteiger partial charge in [0.1, 0.15) is 0 Å². The molecule has 9 heavy (non-hydrogen) atoms. The molecule has 0 nitrogen and oxygen atoms in total. The van der Waals surface area contributed by atoms with Crippen molar-refractivity contribution in [1.82, 2.24) is 0 Å². The summed E-state index contributed by atoms with van der Waals surface area (Å²) < 4.78 is 0. The van der Waals surface area contributed by atoms with Crippen LogP contribution in [0.1, 0.15) is 6.92 Å². The third-order valence-corrected chi connectivity index (χ3v) is 0.667. The predicted octanol–water partition coefficient (Wildman–Crippen LogP) is 2.52. The fourth-order valence-electron chi connectivity index (χ4n) is 0.385. The molecule has 0 aliphatic heterocycles. The Balaban J connectivity index is 0. The maximum absolute atomic E-state index is 3.25. The molecule has 0 heterocycles. The summed E-state index contributed by atoms with van der Waals surface area (Å²) in [5.41, 5.74) is 0. The van der Waals surface area contributed by atoms with Crippen LogP contribution < -0.4 is 0 Å². The topological polar surface area (TPSA) is 0 Å². The maximum atomic E-state index is 3.25. The first-order chi connectivity index (χ1) is 4.00. The molecular weight excluding hydrogens is 148 g/mol. The second-order valence-electron chi connectivity index (χ2n) is 1.15. The molecule has 0 bridgehead atoms. The van der Waals surface area contributed by atoms with Crippen LogP contribution in [-0.2, 0) is 17.4 Å². The molecule has 0 saturated heterocycles. The minimum Gasteiger partial charge on any atom is -0.346 e. The SMILES string of the molecule is [CH2-]C.[Cr].c1ccccc1. The Morgan fingerprint density at radius 2 is 0.778 bits per heavy atom. The van der Waals surface area contributed by atoms with E-state index in [9.17, 15) is 0 Å². The molecular formula is C8H11Cr-. The molecule has 0 saturated carbocycles. The van der Waals surface area contributed by atoms with Crippen molar-refractivity contribution in [2.75, 3.05) is 0 Å². The molecule has 50 valence electrons. The normalized spacial score (nSPS) is 6.00. The smallest absolute Gasteiger partial charge is 0 e. The Labute approximate surface area is 68.0 Å². The molecule has 1 aromatic rings. The van der Waals surface area contributed by atoms with Crippen molar-refractivity contribution in [2.24, 2.45) is 0 Å². The van der Waals surface area contributed by atoms with Crippen LogP contribution in [0.2, 0.25) is 0 Å². The molecule has 1 rings (SSSR count). The van der Waals surface area contributed by atoms with Crippen molar-refractivity contribution in [2.45, 2.75) is 6.92 Å². The first-order valence-corrected chi connectivity index (χ1v) is 2.71. The van der Waals surface area contributed by atoms with Crippen LogP contribution in [0.5, 0.6) is 0 Å². The molecule has 0 N–H and O–H groups in total. The van der Waals surface area contributed by atoms with Crippen LogP contribution in [0.4, 0.5) is 0 Å². The average molecular weight is 159 g/mol. The first-order valence-electron chi connectivity index (χ1n) is 2.71. The van der Waals surface area contributed by atoms with E-state index < -0.39 is 0 Å². The number of hydrogen-bond donors (Lipinski definition) is 0. The Hall–Kier alpha value is -0.248. The van der Waals surface area contributed by atoms with Gasteiger partial charge in [-0.2, -0.15) is 6.92 Å². The third-order valence-electron chi connectivity index (χ3n) is 0.667. The molecule has 0 spiro atoms. The maximum Gasteiger partial charge on any atom is 0 e. The zero-order chi connectivity index (χ0) is 6.24. The van der Waals surface area contributed by atoms with Gasteiger partial charge in [-0.3, -0.25) is 0 Å². The quantitative estimate of drug-likeness (QED) is 0.510. The van der Waals surface area contributed by atoms with Gasteiger partial charge >= 0.3 is 0 Å². The summed E-state index contributed by atoms with van der Waals surface area (Å²) in [4.78, 5) is 0. The van der Waals surface area contributed by atoms with E-state index in [1.54, 1.807) is 6.92 Å². The van der Waals surface area contributed by atoms with Crippen molar-refractivity contribution < 1.29 is 17.4 Å². The van der Waals surface area contributed by atoms with E-state index in [4.69, 9.17) is 0 Å². The molecule has 0 amide bonds. The minimum atomic E-state index is 0. The van der Waals surface area contributed by atoms with Crippen LogP contribution in [0.15, 0.2) is 36.4 Å². The van der Waals surface area contributed by atoms with Crippen molar-refractivity contribution in [3.05, 3.63) is 43.3 Å². The van der Waals surface area contributed by atoms with E-state index in [1.165, 1.54) is 0 Å². The summed E-state index contributed by atoms with van der Waals surface area (Å²) in [5.74, 6) is 0. The monoisotopic (exact) mass is 159 g/mol. The van der Waals surface area contributed by atoms with E-state index in [0.717, 1.165) is 0 Å². The molecule has 0 unspecified atom stereocenters. The van der Waals surface area contributed by atoms with Gasteiger partial charge in [-0.25, -0.2) is 0 Å². The van der Waals surface area contributed by atoms with Crippen molar-refractivity contribution in [1.29, 1.82) is 0 Å². The fraction of sp³-hybridized carbons (Fsp3) is 0.125. The second-order valence-corrected chi connectivity index (χ2v) is 1.15. The van der Waals surface area contributed by atoms with Crippen LogP contribution in [-0.4, -0.2) is 0 Å². The van der Waals surface area contributed by atoms with E-state index in [1.807, 2.05) is 36.4 Å². The summed E-state index contributed by atoms with van der Waals surface area (Å²) in [6.07, 6.45) is 0. The zero-order valence-corrected chi connectivity index (χ0v) is 6.85. The molecule has 0 radical (unpaired) electrons. The van der Waals surface area contributed by atoms with Gasteiger partial charge in [0.2, 0.25) is 0 Å². The van der Waals surface area contributed by atoms with Crippen molar-refractivity contribution >= 4 is 0 Å². The Morgan fingerprint density at radius 1 is 0.667 bits per heavy atom. The Bertz CT molecular complexity index is 76.5. The largest absolute Gasteiger partial charge is 0.346 e. The molecule has 1 heteroatoms. The minimum absolute atomic E-state index is 0. The average Bonchev–Trinajstić information content (AvgIpc) is 1.96. The number of benzene rings is 1. The van der Waals surface area contributed by atoms with E-state index in [0.29, 0.717) is 0 Å². The standard InChI is InChI=1S/C6H6.C2H5.Cr/c1-2-4-6-5-3-1;1-2;/h1-6H;1H2,2H3;/q;-1;.